The van der Waals surface area contributed by atoms with Gasteiger partial charge in [-0.3, -0.25) is 14.6 Å². The maximum atomic E-state index is 6.09. The first-order chi connectivity index (χ1) is 13.9. The van der Waals surface area contributed by atoms with Gasteiger partial charge in [-0.15, -0.1) is 11.3 Å². The standard InChI is InChI=1S/C21H28N6OS/c1-13-8-18(25-21-24-14(2)16(4)29-21)9-19(23-13)20-12-27(6-7-28-20)11-17-10-22-26(5)15(17)3/h8-10,20H,6-7,11-12H2,1-5H3,(H,23,24,25)/t20-/m0/s1. The summed E-state index contributed by atoms with van der Waals surface area (Å²) in [7, 11) is 1.98. The Morgan fingerprint density at radius 1 is 1.21 bits per heavy atom. The molecule has 0 unspecified atom stereocenters. The van der Waals surface area contributed by atoms with E-state index in [1.54, 1.807) is 11.3 Å². The van der Waals surface area contributed by atoms with Crippen molar-refractivity contribution in [1.29, 1.82) is 0 Å². The van der Waals surface area contributed by atoms with Crippen molar-refractivity contribution in [2.24, 2.45) is 7.05 Å². The fraction of sp³-hybridized carbons (Fsp3) is 0.476. The van der Waals surface area contributed by atoms with Gasteiger partial charge in [0.2, 0.25) is 0 Å². The van der Waals surface area contributed by atoms with Crippen LogP contribution in [0.25, 0.3) is 0 Å². The number of pyridine rings is 1. The van der Waals surface area contributed by atoms with E-state index in [0.29, 0.717) is 6.61 Å². The molecule has 1 fully saturated rings. The molecule has 8 heteroatoms. The molecule has 154 valence electrons. The van der Waals surface area contributed by atoms with Crippen LogP contribution in [0.5, 0.6) is 0 Å². The fourth-order valence-electron chi connectivity index (χ4n) is 3.55. The quantitative estimate of drug-likeness (QED) is 0.687. The summed E-state index contributed by atoms with van der Waals surface area (Å²) in [4.78, 5) is 13.0. The number of ether oxygens (including phenoxy) is 1. The third kappa shape index (κ3) is 4.49. The number of hydrogen-bond donors (Lipinski definition) is 1. The number of aromatic nitrogens is 4. The van der Waals surface area contributed by atoms with E-state index in [2.05, 4.69) is 46.3 Å². The minimum Gasteiger partial charge on any atom is -0.369 e. The smallest absolute Gasteiger partial charge is 0.187 e. The van der Waals surface area contributed by atoms with Crippen molar-refractivity contribution in [3.05, 3.63) is 51.5 Å². The molecule has 0 aliphatic carbocycles. The summed E-state index contributed by atoms with van der Waals surface area (Å²) in [5, 5.41) is 8.71. The molecular formula is C21H28N6OS. The Labute approximate surface area is 175 Å². The van der Waals surface area contributed by atoms with Crippen molar-refractivity contribution in [3.63, 3.8) is 0 Å². The highest BCUT2D eigenvalue weighted by Gasteiger charge is 2.24. The predicted octanol–water partition coefficient (Wildman–Crippen LogP) is 3.82. The third-order valence-electron chi connectivity index (χ3n) is 5.46. The number of morpholine rings is 1. The van der Waals surface area contributed by atoms with Crippen LogP contribution in [0.1, 0.15) is 39.3 Å². The largest absolute Gasteiger partial charge is 0.369 e. The molecule has 7 nitrogen and oxygen atoms in total. The van der Waals surface area contributed by atoms with Crippen molar-refractivity contribution < 1.29 is 4.74 Å². The highest BCUT2D eigenvalue weighted by atomic mass is 32.1. The Morgan fingerprint density at radius 3 is 2.72 bits per heavy atom. The van der Waals surface area contributed by atoms with Gasteiger partial charge in [0.15, 0.2) is 5.13 Å². The number of aryl methyl sites for hydroxylation is 4. The summed E-state index contributed by atoms with van der Waals surface area (Å²) < 4.78 is 8.01. The Hall–Kier alpha value is -2.29. The van der Waals surface area contributed by atoms with Gasteiger partial charge in [-0.1, -0.05) is 0 Å². The van der Waals surface area contributed by atoms with Crippen LogP contribution in [0.15, 0.2) is 18.3 Å². The van der Waals surface area contributed by atoms with Crippen LogP contribution in [-0.2, 0) is 18.3 Å². The Kier molecular flexibility index (Phi) is 5.67. The van der Waals surface area contributed by atoms with Crippen LogP contribution >= 0.6 is 11.3 Å². The summed E-state index contributed by atoms with van der Waals surface area (Å²) in [5.41, 5.74) is 6.49. The van der Waals surface area contributed by atoms with Crippen molar-refractivity contribution in [3.8, 4) is 0 Å². The molecule has 1 aliphatic rings. The van der Waals surface area contributed by atoms with E-state index in [-0.39, 0.29) is 6.10 Å². The molecule has 1 N–H and O–H groups in total. The molecule has 0 saturated carbocycles. The zero-order valence-electron chi connectivity index (χ0n) is 17.7. The summed E-state index contributed by atoms with van der Waals surface area (Å²) >= 11 is 1.67. The van der Waals surface area contributed by atoms with Gasteiger partial charge < -0.3 is 10.1 Å². The molecule has 1 atom stereocenters. The van der Waals surface area contributed by atoms with E-state index in [4.69, 9.17) is 9.72 Å². The van der Waals surface area contributed by atoms with Gasteiger partial charge in [0, 0.05) is 54.2 Å². The molecule has 29 heavy (non-hydrogen) atoms. The van der Waals surface area contributed by atoms with E-state index in [1.807, 2.05) is 31.8 Å². The molecule has 0 spiro atoms. The molecule has 3 aromatic rings. The molecule has 1 saturated heterocycles. The second kappa shape index (κ2) is 8.22. The summed E-state index contributed by atoms with van der Waals surface area (Å²) in [6.45, 7) is 11.6. The van der Waals surface area contributed by atoms with Crippen molar-refractivity contribution in [2.45, 2.75) is 40.3 Å². The maximum absolute atomic E-state index is 6.09. The number of thiazole rings is 1. The van der Waals surface area contributed by atoms with Gasteiger partial charge in [-0.2, -0.15) is 5.10 Å². The topological polar surface area (TPSA) is 68.1 Å². The predicted molar refractivity (Wildman–Crippen MR) is 116 cm³/mol. The number of anilines is 2. The summed E-state index contributed by atoms with van der Waals surface area (Å²) in [6.07, 6.45) is 1.92. The minimum atomic E-state index is -0.0408. The van der Waals surface area contributed by atoms with Gasteiger partial charge in [-0.25, -0.2) is 4.98 Å². The van der Waals surface area contributed by atoms with Crippen molar-refractivity contribution in [2.75, 3.05) is 25.0 Å². The molecule has 0 amide bonds. The zero-order valence-corrected chi connectivity index (χ0v) is 18.5. The highest BCUT2D eigenvalue weighted by molar-refractivity contribution is 7.15. The normalized spacial score (nSPS) is 17.6. The molecule has 0 radical (unpaired) electrons. The first-order valence-electron chi connectivity index (χ1n) is 9.90. The monoisotopic (exact) mass is 412 g/mol. The fourth-order valence-corrected chi connectivity index (χ4v) is 4.38. The SMILES string of the molecule is Cc1cc(Nc2nc(C)c(C)s2)cc([C@@H]2CN(Cc3cnn(C)c3C)CCO2)n1. The van der Waals surface area contributed by atoms with Gasteiger partial charge in [0.05, 0.1) is 24.2 Å². The van der Waals surface area contributed by atoms with Gasteiger partial charge in [-0.05, 0) is 39.8 Å². The van der Waals surface area contributed by atoms with Crippen LogP contribution in [-0.4, -0.2) is 44.3 Å². The Bertz CT molecular complexity index is 991. The molecule has 3 aromatic heterocycles. The number of nitrogens with one attached hydrogen (secondary N) is 1. The lowest BCUT2D eigenvalue weighted by Crippen LogP contribution is -2.38. The number of nitrogens with zero attached hydrogens (tertiary/aromatic N) is 5. The molecule has 4 rings (SSSR count). The van der Waals surface area contributed by atoms with Gasteiger partial charge in [0.1, 0.15) is 6.10 Å². The van der Waals surface area contributed by atoms with E-state index < -0.39 is 0 Å². The number of hydrogen-bond acceptors (Lipinski definition) is 7. The first kappa shape index (κ1) is 20.0. The van der Waals surface area contributed by atoms with Crippen molar-refractivity contribution in [1.82, 2.24) is 24.6 Å². The lowest BCUT2D eigenvalue weighted by atomic mass is 10.1. The van der Waals surface area contributed by atoms with E-state index in [0.717, 1.165) is 47.5 Å². The Balaban J connectivity index is 1.49. The van der Waals surface area contributed by atoms with E-state index in [9.17, 15) is 0 Å². The van der Waals surface area contributed by atoms with E-state index >= 15 is 0 Å². The van der Waals surface area contributed by atoms with Crippen LogP contribution in [0, 0.1) is 27.7 Å². The Morgan fingerprint density at radius 2 is 2.03 bits per heavy atom. The maximum Gasteiger partial charge on any atom is 0.187 e. The molecular weight excluding hydrogens is 384 g/mol. The lowest BCUT2D eigenvalue weighted by molar-refractivity contribution is -0.0350. The van der Waals surface area contributed by atoms with Crippen LogP contribution in [0.4, 0.5) is 10.8 Å². The molecule has 4 heterocycles. The molecule has 0 aromatic carbocycles. The highest BCUT2D eigenvalue weighted by Crippen LogP contribution is 2.28. The van der Waals surface area contributed by atoms with Crippen LogP contribution in [0.3, 0.4) is 0 Å². The van der Waals surface area contributed by atoms with Gasteiger partial charge in [0.25, 0.3) is 0 Å². The summed E-state index contributed by atoms with van der Waals surface area (Å²) in [6, 6.07) is 4.14. The van der Waals surface area contributed by atoms with E-state index in [1.165, 1.54) is 16.1 Å². The average molecular weight is 413 g/mol. The lowest BCUT2D eigenvalue weighted by Gasteiger charge is -2.32. The average Bonchev–Trinajstić information content (AvgIpc) is 3.16. The van der Waals surface area contributed by atoms with Crippen LogP contribution < -0.4 is 5.32 Å². The molecule has 1 aliphatic heterocycles. The minimum absolute atomic E-state index is 0.0408. The second-order valence-electron chi connectivity index (χ2n) is 7.68. The second-order valence-corrected chi connectivity index (χ2v) is 8.88. The first-order valence-corrected chi connectivity index (χ1v) is 10.7. The van der Waals surface area contributed by atoms with Crippen molar-refractivity contribution >= 4 is 22.2 Å². The van der Waals surface area contributed by atoms with Gasteiger partial charge >= 0.3 is 0 Å². The third-order valence-corrected chi connectivity index (χ3v) is 6.45. The zero-order chi connectivity index (χ0) is 20.5. The number of rotatable bonds is 5. The summed E-state index contributed by atoms with van der Waals surface area (Å²) in [5.74, 6) is 0. The van der Waals surface area contributed by atoms with Crippen LogP contribution in [0.2, 0.25) is 0 Å². The molecule has 0 bridgehead atoms.